The van der Waals surface area contributed by atoms with Gasteiger partial charge in [0.15, 0.2) is 18.1 Å². The van der Waals surface area contributed by atoms with Crippen molar-refractivity contribution in [3.8, 4) is 11.5 Å². The first kappa shape index (κ1) is 20.4. The van der Waals surface area contributed by atoms with Crippen LogP contribution >= 0.6 is 15.9 Å². The molecule has 0 unspecified atom stereocenters. The number of urea groups is 1. The smallest absolute Gasteiger partial charge is 0.326 e. The number of imide groups is 1. The minimum absolute atomic E-state index is 0.119. The molecule has 0 radical (unpaired) electrons. The van der Waals surface area contributed by atoms with Crippen molar-refractivity contribution >= 4 is 45.5 Å². The summed E-state index contributed by atoms with van der Waals surface area (Å²) in [4.78, 5) is 35.1. The molecule has 3 N–H and O–H groups in total. The number of para-hydroxylation sites is 1. The monoisotopic (exact) mass is 459 g/mol. The van der Waals surface area contributed by atoms with Gasteiger partial charge >= 0.3 is 6.03 Å². The molecular weight excluding hydrogens is 442 g/mol. The van der Waals surface area contributed by atoms with Gasteiger partial charge in [0.2, 0.25) is 0 Å². The Hall–Kier alpha value is -3.33. The van der Waals surface area contributed by atoms with Gasteiger partial charge in [-0.05, 0) is 42.8 Å². The van der Waals surface area contributed by atoms with Crippen molar-refractivity contribution in [1.82, 2.24) is 10.6 Å². The minimum Gasteiger partial charge on any atom is -0.490 e. The van der Waals surface area contributed by atoms with E-state index in [0.29, 0.717) is 33.8 Å². The van der Waals surface area contributed by atoms with Gasteiger partial charge < -0.3 is 20.1 Å². The van der Waals surface area contributed by atoms with Crippen molar-refractivity contribution < 1.29 is 23.9 Å². The molecule has 3 rings (SSSR count). The molecule has 4 amide bonds. The summed E-state index contributed by atoms with van der Waals surface area (Å²) in [5.74, 6) is -0.0622. The summed E-state index contributed by atoms with van der Waals surface area (Å²) in [6.45, 7) is 1.98. The average Bonchev–Trinajstić information content (AvgIpc) is 3.01. The van der Waals surface area contributed by atoms with Crippen molar-refractivity contribution in [1.29, 1.82) is 0 Å². The van der Waals surface area contributed by atoms with Gasteiger partial charge in [0.25, 0.3) is 11.8 Å². The molecule has 29 heavy (non-hydrogen) atoms. The summed E-state index contributed by atoms with van der Waals surface area (Å²) in [6.07, 6.45) is 1.51. The van der Waals surface area contributed by atoms with Crippen LogP contribution < -0.4 is 25.4 Å². The highest BCUT2D eigenvalue weighted by Crippen LogP contribution is 2.35. The Kier molecular flexibility index (Phi) is 6.50. The van der Waals surface area contributed by atoms with Gasteiger partial charge in [-0.3, -0.25) is 14.9 Å². The van der Waals surface area contributed by atoms with Crippen molar-refractivity contribution in [2.75, 3.05) is 18.5 Å². The zero-order valence-corrected chi connectivity index (χ0v) is 17.0. The lowest BCUT2D eigenvalue weighted by Gasteiger charge is -2.14. The summed E-state index contributed by atoms with van der Waals surface area (Å²) in [5.41, 5.74) is 1.39. The number of carbonyl (C=O) groups is 3. The Morgan fingerprint density at radius 1 is 1.10 bits per heavy atom. The first-order valence-electron chi connectivity index (χ1n) is 8.74. The molecule has 8 nitrogen and oxygen atoms in total. The van der Waals surface area contributed by atoms with Gasteiger partial charge in [0.1, 0.15) is 5.70 Å². The molecular formula is C20H18BrN3O5. The van der Waals surface area contributed by atoms with Gasteiger partial charge in [0, 0.05) is 10.2 Å². The molecule has 1 heterocycles. The number of nitrogens with one attached hydrogen (secondary N) is 3. The van der Waals surface area contributed by atoms with E-state index in [-0.39, 0.29) is 18.2 Å². The zero-order chi connectivity index (χ0) is 20.8. The standard InChI is InChI=1S/C20H18BrN3O5/c1-2-28-16-9-12(8-15-19(26)24-20(27)23-15)14(21)10-17(16)29-11-18(25)22-13-6-4-3-5-7-13/h3-10H,2,11H2,1H3,(H,22,25)(H2,23,24,26,27)/b15-8-. The van der Waals surface area contributed by atoms with Crippen molar-refractivity contribution in [2.24, 2.45) is 0 Å². The highest BCUT2D eigenvalue weighted by molar-refractivity contribution is 9.10. The molecule has 0 aromatic heterocycles. The van der Waals surface area contributed by atoms with E-state index >= 15 is 0 Å². The topological polar surface area (TPSA) is 106 Å². The number of hydrogen-bond acceptors (Lipinski definition) is 5. The molecule has 2 aromatic rings. The van der Waals surface area contributed by atoms with Crippen LogP contribution in [0.15, 0.2) is 52.6 Å². The quantitative estimate of drug-likeness (QED) is 0.435. The van der Waals surface area contributed by atoms with E-state index in [0.717, 1.165) is 0 Å². The van der Waals surface area contributed by atoms with E-state index in [9.17, 15) is 14.4 Å². The molecule has 0 aliphatic carbocycles. The fourth-order valence-electron chi connectivity index (χ4n) is 2.54. The largest absolute Gasteiger partial charge is 0.490 e. The molecule has 150 valence electrons. The summed E-state index contributed by atoms with van der Waals surface area (Å²) in [7, 11) is 0. The lowest BCUT2D eigenvalue weighted by Crippen LogP contribution is -2.22. The molecule has 0 bridgehead atoms. The third kappa shape index (κ3) is 5.35. The third-order valence-electron chi connectivity index (χ3n) is 3.80. The Balaban J connectivity index is 1.75. The van der Waals surface area contributed by atoms with Gasteiger partial charge in [-0.1, -0.05) is 34.1 Å². The highest BCUT2D eigenvalue weighted by Gasteiger charge is 2.23. The van der Waals surface area contributed by atoms with Crippen LogP contribution in [0, 0.1) is 0 Å². The number of halogens is 1. The number of rotatable bonds is 7. The lowest BCUT2D eigenvalue weighted by atomic mass is 10.1. The number of carbonyl (C=O) groups excluding carboxylic acids is 3. The van der Waals surface area contributed by atoms with Crippen molar-refractivity contribution in [2.45, 2.75) is 6.92 Å². The van der Waals surface area contributed by atoms with Gasteiger partial charge in [-0.25, -0.2) is 4.79 Å². The Bertz CT molecular complexity index is 976. The fraction of sp³-hybridized carbons (Fsp3) is 0.150. The first-order valence-corrected chi connectivity index (χ1v) is 9.53. The minimum atomic E-state index is -0.577. The second-order valence-electron chi connectivity index (χ2n) is 5.92. The van der Waals surface area contributed by atoms with Crippen LogP contribution in [0.25, 0.3) is 6.08 Å². The van der Waals surface area contributed by atoms with E-state index in [1.54, 1.807) is 24.3 Å². The van der Waals surface area contributed by atoms with Crippen LogP contribution in [0.5, 0.6) is 11.5 Å². The maximum absolute atomic E-state index is 12.1. The van der Waals surface area contributed by atoms with Gasteiger partial charge in [-0.15, -0.1) is 0 Å². The predicted molar refractivity (Wildman–Crippen MR) is 111 cm³/mol. The molecule has 0 atom stereocenters. The maximum atomic E-state index is 12.1. The van der Waals surface area contributed by atoms with Crippen LogP contribution in [-0.4, -0.2) is 31.1 Å². The van der Waals surface area contributed by atoms with E-state index in [1.165, 1.54) is 6.08 Å². The molecule has 2 aromatic carbocycles. The molecule has 1 saturated heterocycles. The van der Waals surface area contributed by atoms with Crippen LogP contribution in [0.4, 0.5) is 10.5 Å². The second-order valence-corrected chi connectivity index (χ2v) is 6.78. The van der Waals surface area contributed by atoms with Gasteiger partial charge in [0.05, 0.1) is 6.61 Å². The van der Waals surface area contributed by atoms with Crippen LogP contribution in [0.2, 0.25) is 0 Å². The van der Waals surface area contributed by atoms with E-state index < -0.39 is 11.9 Å². The molecule has 1 fully saturated rings. The number of ether oxygens (including phenoxy) is 2. The van der Waals surface area contributed by atoms with Crippen LogP contribution in [0.3, 0.4) is 0 Å². The number of hydrogen-bond donors (Lipinski definition) is 3. The van der Waals surface area contributed by atoms with Crippen LogP contribution in [0.1, 0.15) is 12.5 Å². The molecule has 9 heteroatoms. The van der Waals surface area contributed by atoms with Crippen molar-refractivity contribution in [3.63, 3.8) is 0 Å². The fourth-order valence-corrected chi connectivity index (χ4v) is 2.98. The SMILES string of the molecule is CCOc1cc(/C=C2\NC(=O)NC2=O)c(Br)cc1OCC(=O)Nc1ccccc1. The summed E-state index contributed by atoms with van der Waals surface area (Å²) >= 11 is 3.41. The van der Waals surface area contributed by atoms with E-state index in [2.05, 4.69) is 31.9 Å². The van der Waals surface area contributed by atoms with E-state index in [1.807, 2.05) is 25.1 Å². The second kappa shape index (κ2) is 9.24. The molecule has 1 aliphatic heterocycles. The Labute approximate surface area is 175 Å². The van der Waals surface area contributed by atoms with E-state index in [4.69, 9.17) is 9.47 Å². The predicted octanol–water partition coefficient (Wildman–Crippen LogP) is 3.05. The third-order valence-corrected chi connectivity index (χ3v) is 4.49. The number of amides is 4. The normalized spacial score (nSPS) is 14.3. The molecule has 0 saturated carbocycles. The maximum Gasteiger partial charge on any atom is 0.326 e. The van der Waals surface area contributed by atoms with Gasteiger partial charge in [-0.2, -0.15) is 0 Å². The lowest BCUT2D eigenvalue weighted by molar-refractivity contribution is -0.118. The van der Waals surface area contributed by atoms with Crippen LogP contribution in [-0.2, 0) is 9.59 Å². The summed E-state index contributed by atoms with van der Waals surface area (Å²) in [6, 6.07) is 11.8. The highest BCUT2D eigenvalue weighted by atomic mass is 79.9. The average molecular weight is 460 g/mol. The Morgan fingerprint density at radius 2 is 1.83 bits per heavy atom. The number of anilines is 1. The summed E-state index contributed by atoms with van der Waals surface area (Å²) < 4.78 is 11.8. The first-order chi connectivity index (χ1) is 14.0. The zero-order valence-electron chi connectivity index (χ0n) is 15.5. The summed E-state index contributed by atoms with van der Waals surface area (Å²) in [5, 5.41) is 7.30. The number of benzene rings is 2. The molecule has 0 spiro atoms. The molecule has 1 aliphatic rings. The van der Waals surface area contributed by atoms with Crippen molar-refractivity contribution in [3.05, 3.63) is 58.2 Å². The Morgan fingerprint density at radius 3 is 2.48 bits per heavy atom.